The van der Waals surface area contributed by atoms with Gasteiger partial charge in [-0.25, -0.2) is 4.39 Å². The average Bonchev–Trinajstić information content (AvgIpc) is 2.79. The van der Waals surface area contributed by atoms with Crippen LogP contribution in [0.25, 0.3) is 0 Å². The Bertz CT molecular complexity index is 624. The van der Waals surface area contributed by atoms with E-state index in [4.69, 9.17) is 11.6 Å². The molecule has 1 unspecified atom stereocenters. The van der Waals surface area contributed by atoms with Crippen molar-refractivity contribution in [3.8, 4) is 0 Å². The Labute approximate surface area is 135 Å². The molecule has 1 aliphatic rings. The van der Waals surface area contributed by atoms with Crippen LogP contribution in [-0.4, -0.2) is 31.1 Å². The first-order chi connectivity index (χ1) is 10.8. The lowest BCUT2D eigenvalue weighted by atomic mass is 9.96. The molecule has 0 spiro atoms. The van der Waals surface area contributed by atoms with E-state index in [0.29, 0.717) is 0 Å². The van der Waals surface area contributed by atoms with Crippen molar-refractivity contribution >= 4 is 11.6 Å². The van der Waals surface area contributed by atoms with E-state index in [0.717, 1.165) is 48.7 Å². The standard InChI is InChI=1S/C18H20ClFN2/c19-17-8-2-1-7-16(17)18(14-5-3-6-15(20)13-14)22-11-4-9-21-10-12-22/h1-3,5-8,13,18,21H,4,9-12H2. The van der Waals surface area contributed by atoms with Gasteiger partial charge in [0.25, 0.3) is 0 Å². The van der Waals surface area contributed by atoms with Crippen LogP contribution in [0.2, 0.25) is 5.02 Å². The van der Waals surface area contributed by atoms with Gasteiger partial charge in [-0.3, -0.25) is 4.90 Å². The molecule has 1 saturated heterocycles. The Morgan fingerprint density at radius 3 is 2.73 bits per heavy atom. The van der Waals surface area contributed by atoms with E-state index >= 15 is 0 Å². The van der Waals surface area contributed by atoms with Crippen molar-refractivity contribution < 1.29 is 4.39 Å². The normalized spacial score (nSPS) is 17.9. The lowest BCUT2D eigenvalue weighted by molar-refractivity contribution is 0.241. The highest BCUT2D eigenvalue weighted by atomic mass is 35.5. The summed E-state index contributed by atoms with van der Waals surface area (Å²) in [5, 5.41) is 4.14. The van der Waals surface area contributed by atoms with Gasteiger partial charge >= 0.3 is 0 Å². The van der Waals surface area contributed by atoms with Crippen LogP contribution in [0.15, 0.2) is 48.5 Å². The third kappa shape index (κ3) is 3.49. The molecule has 0 radical (unpaired) electrons. The van der Waals surface area contributed by atoms with E-state index in [2.05, 4.69) is 10.2 Å². The number of nitrogens with zero attached hydrogens (tertiary/aromatic N) is 1. The summed E-state index contributed by atoms with van der Waals surface area (Å²) in [7, 11) is 0. The first kappa shape index (κ1) is 15.5. The molecule has 1 atom stereocenters. The molecular formula is C18H20ClFN2. The van der Waals surface area contributed by atoms with Crippen LogP contribution in [0, 0.1) is 5.82 Å². The van der Waals surface area contributed by atoms with Crippen LogP contribution >= 0.6 is 11.6 Å². The molecule has 1 fully saturated rings. The predicted molar refractivity (Wildman–Crippen MR) is 88.8 cm³/mol. The lowest BCUT2D eigenvalue weighted by Crippen LogP contribution is -2.33. The molecule has 0 aromatic heterocycles. The SMILES string of the molecule is Fc1cccc(C(c2ccccc2Cl)N2CCCNCC2)c1. The summed E-state index contributed by atoms with van der Waals surface area (Å²) < 4.78 is 13.7. The highest BCUT2D eigenvalue weighted by molar-refractivity contribution is 6.31. The van der Waals surface area contributed by atoms with Gasteiger partial charge in [0, 0.05) is 24.7 Å². The number of nitrogens with one attached hydrogen (secondary N) is 1. The highest BCUT2D eigenvalue weighted by Crippen LogP contribution is 2.33. The number of rotatable bonds is 3. The molecule has 0 aliphatic carbocycles. The molecule has 116 valence electrons. The maximum atomic E-state index is 13.7. The van der Waals surface area contributed by atoms with Gasteiger partial charge < -0.3 is 5.32 Å². The monoisotopic (exact) mass is 318 g/mol. The second kappa shape index (κ2) is 7.23. The predicted octanol–water partition coefficient (Wildman–Crippen LogP) is 3.86. The van der Waals surface area contributed by atoms with E-state index in [9.17, 15) is 4.39 Å². The zero-order valence-corrected chi connectivity index (χ0v) is 13.2. The number of hydrogen-bond acceptors (Lipinski definition) is 2. The van der Waals surface area contributed by atoms with Crippen LogP contribution in [0.3, 0.4) is 0 Å². The van der Waals surface area contributed by atoms with Gasteiger partial charge in [-0.05, 0) is 42.3 Å². The molecule has 2 nitrogen and oxygen atoms in total. The fourth-order valence-corrected chi connectivity index (χ4v) is 3.32. The van der Waals surface area contributed by atoms with Crippen LogP contribution < -0.4 is 5.32 Å². The minimum atomic E-state index is -0.206. The number of hydrogen-bond donors (Lipinski definition) is 1. The first-order valence-corrected chi connectivity index (χ1v) is 8.08. The van der Waals surface area contributed by atoms with Crippen LogP contribution in [0.1, 0.15) is 23.6 Å². The molecule has 4 heteroatoms. The largest absolute Gasteiger partial charge is 0.315 e. The molecule has 0 amide bonds. The molecule has 2 aromatic rings. The van der Waals surface area contributed by atoms with Gasteiger partial charge in [0.1, 0.15) is 5.82 Å². The van der Waals surface area contributed by atoms with Crippen molar-refractivity contribution in [2.45, 2.75) is 12.5 Å². The zero-order valence-electron chi connectivity index (χ0n) is 12.4. The number of halogens is 2. The van der Waals surface area contributed by atoms with Crippen molar-refractivity contribution in [1.29, 1.82) is 0 Å². The Morgan fingerprint density at radius 1 is 1.05 bits per heavy atom. The molecule has 0 saturated carbocycles. The maximum absolute atomic E-state index is 13.7. The summed E-state index contributed by atoms with van der Waals surface area (Å²) in [6, 6.07) is 14.7. The molecule has 3 rings (SSSR count). The maximum Gasteiger partial charge on any atom is 0.123 e. The summed E-state index contributed by atoms with van der Waals surface area (Å²) in [4.78, 5) is 2.38. The van der Waals surface area contributed by atoms with Crippen molar-refractivity contribution in [1.82, 2.24) is 10.2 Å². The van der Waals surface area contributed by atoms with Crippen LogP contribution in [0.5, 0.6) is 0 Å². The van der Waals surface area contributed by atoms with E-state index < -0.39 is 0 Å². The average molecular weight is 319 g/mol. The quantitative estimate of drug-likeness (QED) is 0.924. The van der Waals surface area contributed by atoms with Crippen LogP contribution in [-0.2, 0) is 0 Å². The second-order valence-corrected chi connectivity index (χ2v) is 6.03. The molecular weight excluding hydrogens is 299 g/mol. The zero-order chi connectivity index (χ0) is 15.4. The Morgan fingerprint density at radius 2 is 1.91 bits per heavy atom. The van der Waals surface area contributed by atoms with Gasteiger partial charge in [0.2, 0.25) is 0 Å². The third-order valence-corrected chi connectivity index (χ3v) is 4.45. The number of benzene rings is 2. The molecule has 1 N–H and O–H groups in total. The second-order valence-electron chi connectivity index (χ2n) is 5.62. The van der Waals surface area contributed by atoms with E-state index in [-0.39, 0.29) is 11.9 Å². The lowest BCUT2D eigenvalue weighted by Gasteiger charge is -2.32. The van der Waals surface area contributed by atoms with E-state index in [1.807, 2.05) is 30.3 Å². The van der Waals surface area contributed by atoms with Crippen molar-refractivity contribution in [3.05, 3.63) is 70.5 Å². The minimum Gasteiger partial charge on any atom is -0.315 e. The van der Waals surface area contributed by atoms with Gasteiger partial charge in [0.05, 0.1) is 6.04 Å². The molecule has 1 aliphatic heterocycles. The fraction of sp³-hybridized carbons (Fsp3) is 0.333. The van der Waals surface area contributed by atoms with E-state index in [1.54, 1.807) is 12.1 Å². The van der Waals surface area contributed by atoms with Gasteiger partial charge in [-0.1, -0.05) is 41.9 Å². The van der Waals surface area contributed by atoms with Gasteiger partial charge in [-0.2, -0.15) is 0 Å². The van der Waals surface area contributed by atoms with Crippen LogP contribution in [0.4, 0.5) is 4.39 Å². The van der Waals surface area contributed by atoms with Crippen molar-refractivity contribution in [2.24, 2.45) is 0 Å². The summed E-state index contributed by atoms with van der Waals surface area (Å²) >= 11 is 6.43. The van der Waals surface area contributed by atoms with E-state index in [1.165, 1.54) is 6.07 Å². The highest BCUT2D eigenvalue weighted by Gasteiger charge is 2.25. The third-order valence-electron chi connectivity index (χ3n) is 4.10. The summed E-state index contributed by atoms with van der Waals surface area (Å²) in [5.74, 6) is -0.206. The topological polar surface area (TPSA) is 15.3 Å². The Kier molecular flexibility index (Phi) is 5.08. The summed E-state index contributed by atoms with van der Waals surface area (Å²) in [5.41, 5.74) is 1.99. The molecule has 22 heavy (non-hydrogen) atoms. The molecule has 1 heterocycles. The Balaban J connectivity index is 2.03. The van der Waals surface area contributed by atoms with Gasteiger partial charge in [0.15, 0.2) is 0 Å². The van der Waals surface area contributed by atoms with Crippen molar-refractivity contribution in [2.75, 3.05) is 26.2 Å². The minimum absolute atomic E-state index is 0.00991. The first-order valence-electron chi connectivity index (χ1n) is 7.70. The summed E-state index contributed by atoms with van der Waals surface area (Å²) in [6.45, 7) is 3.86. The molecule has 0 bridgehead atoms. The Hall–Kier alpha value is -1.42. The summed E-state index contributed by atoms with van der Waals surface area (Å²) in [6.07, 6.45) is 1.08. The van der Waals surface area contributed by atoms with Crippen molar-refractivity contribution in [3.63, 3.8) is 0 Å². The molecule has 2 aromatic carbocycles. The fourth-order valence-electron chi connectivity index (χ4n) is 3.09. The smallest absolute Gasteiger partial charge is 0.123 e. The van der Waals surface area contributed by atoms with Gasteiger partial charge in [-0.15, -0.1) is 0 Å².